The Morgan fingerprint density at radius 3 is 2.50 bits per heavy atom. The molecule has 0 aromatic heterocycles. The van der Waals surface area contributed by atoms with Gasteiger partial charge >= 0.3 is 0 Å². The third-order valence-corrected chi connectivity index (χ3v) is 6.55. The molecule has 1 aliphatic heterocycles. The lowest BCUT2D eigenvalue weighted by atomic mass is 10.1. The van der Waals surface area contributed by atoms with Crippen LogP contribution in [0.15, 0.2) is 71.6 Å². The molecule has 1 heterocycles. The Hall–Kier alpha value is -3.52. The van der Waals surface area contributed by atoms with E-state index in [2.05, 4.69) is 4.72 Å². The highest BCUT2D eigenvalue weighted by molar-refractivity contribution is 7.92. The van der Waals surface area contributed by atoms with Crippen molar-refractivity contribution in [2.24, 2.45) is 0 Å². The van der Waals surface area contributed by atoms with Crippen molar-refractivity contribution in [1.82, 2.24) is 4.90 Å². The van der Waals surface area contributed by atoms with Crippen molar-refractivity contribution in [3.63, 3.8) is 0 Å². The molecule has 0 atom stereocenters. The molecule has 0 saturated carbocycles. The van der Waals surface area contributed by atoms with Crippen molar-refractivity contribution in [3.05, 3.63) is 83.4 Å². The molecule has 1 amide bonds. The Morgan fingerprint density at radius 1 is 1.00 bits per heavy atom. The molecule has 0 unspecified atom stereocenters. The van der Waals surface area contributed by atoms with E-state index < -0.39 is 10.0 Å². The quantitative estimate of drug-likeness (QED) is 0.581. The molecule has 1 aliphatic rings. The largest absolute Gasteiger partial charge is 0.454 e. The second-order valence-corrected chi connectivity index (χ2v) is 9.19. The fourth-order valence-corrected chi connectivity index (χ4v) is 4.51. The standard InChI is InChI=1S/C24H24N2O5S/c1-3-26(15-18-9-12-22-23(13-18)31-16-30-22)24(27)19-5-4-6-21(14-19)32(28,29)25-20-10-7-17(2)8-11-20/h4-14,25H,3,15-16H2,1-2H3. The zero-order chi connectivity index (χ0) is 22.7. The van der Waals surface area contributed by atoms with E-state index in [-0.39, 0.29) is 17.6 Å². The Kier molecular flexibility index (Phi) is 6.05. The van der Waals surface area contributed by atoms with E-state index in [1.165, 1.54) is 12.1 Å². The average molecular weight is 453 g/mol. The number of ether oxygens (including phenoxy) is 2. The number of carbonyl (C=O) groups is 1. The molecule has 32 heavy (non-hydrogen) atoms. The lowest BCUT2D eigenvalue weighted by Crippen LogP contribution is -2.30. The molecule has 7 nitrogen and oxygen atoms in total. The number of rotatable bonds is 7. The normalized spacial score (nSPS) is 12.4. The fourth-order valence-electron chi connectivity index (χ4n) is 3.40. The Balaban J connectivity index is 1.53. The summed E-state index contributed by atoms with van der Waals surface area (Å²) in [4.78, 5) is 14.8. The predicted molar refractivity (Wildman–Crippen MR) is 121 cm³/mol. The van der Waals surface area contributed by atoms with Gasteiger partial charge in [-0.2, -0.15) is 0 Å². The van der Waals surface area contributed by atoms with Gasteiger partial charge in [-0.3, -0.25) is 9.52 Å². The van der Waals surface area contributed by atoms with Gasteiger partial charge in [-0.25, -0.2) is 8.42 Å². The van der Waals surface area contributed by atoms with Gasteiger partial charge in [0.25, 0.3) is 15.9 Å². The first-order valence-electron chi connectivity index (χ1n) is 10.2. The van der Waals surface area contributed by atoms with Crippen LogP contribution < -0.4 is 14.2 Å². The molecule has 0 aliphatic carbocycles. The summed E-state index contributed by atoms with van der Waals surface area (Å²) in [5.74, 6) is 1.08. The summed E-state index contributed by atoms with van der Waals surface area (Å²) >= 11 is 0. The highest BCUT2D eigenvalue weighted by Gasteiger charge is 2.21. The summed E-state index contributed by atoms with van der Waals surface area (Å²) in [6.45, 7) is 4.82. The Morgan fingerprint density at radius 2 is 1.75 bits per heavy atom. The maximum absolute atomic E-state index is 13.1. The maximum Gasteiger partial charge on any atom is 0.261 e. The lowest BCUT2D eigenvalue weighted by Gasteiger charge is -2.21. The minimum Gasteiger partial charge on any atom is -0.454 e. The van der Waals surface area contributed by atoms with Gasteiger partial charge in [0.2, 0.25) is 6.79 Å². The summed E-state index contributed by atoms with van der Waals surface area (Å²) in [5, 5.41) is 0. The van der Waals surface area contributed by atoms with Crippen molar-refractivity contribution >= 4 is 21.6 Å². The number of sulfonamides is 1. The molecule has 0 radical (unpaired) electrons. The van der Waals surface area contributed by atoms with Crippen LogP contribution in [0.4, 0.5) is 5.69 Å². The molecule has 8 heteroatoms. The molecular weight excluding hydrogens is 428 g/mol. The molecule has 0 fully saturated rings. The summed E-state index contributed by atoms with van der Waals surface area (Å²) in [6, 6.07) is 18.7. The molecule has 0 spiro atoms. The van der Waals surface area contributed by atoms with Gasteiger partial charge in [0.15, 0.2) is 11.5 Å². The van der Waals surface area contributed by atoms with Crippen molar-refractivity contribution < 1.29 is 22.7 Å². The highest BCUT2D eigenvalue weighted by Crippen LogP contribution is 2.33. The smallest absolute Gasteiger partial charge is 0.261 e. The van der Waals surface area contributed by atoms with Crippen molar-refractivity contribution in [1.29, 1.82) is 0 Å². The van der Waals surface area contributed by atoms with E-state index in [0.29, 0.717) is 35.8 Å². The van der Waals surface area contributed by atoms with Crippen LogP contribution in [0.1, 0.15) is 28.4 Å². The molecule has 166 valence electrons. The van der Waals surface area contributed by atoms with Crippen LogP contribution in [0, 0.1) is 6.92 Å². The molecule has 0 saturated heterocycles. The number of fused-ring (bicyclic) bond motifs is 1. The van der Waals surface area contributed by atoms with Gasteiger partial charge in [-0.15, -0.1) is 0 Å². The van der Waals surface area contributed by atoms with Gasteiger partial charge in [0.05, 0.1) is 4.90 Å². The molecule has 4 rings (SSSR count). The highest BCUT2D eigenvalue weighted by atomic mass is 32.2. The van der Waals surface area contributed by atoms with Crippen LogP contribution in [0.3, 0.4) is 0 Å². The number of hydrogen-bond donors (Lipinski definition) is 1. The van der Waals surface area contributed by atoms with Gasteiger partial charge in [0.1, 0.15) is 0 Å². The lowest BCUT2D eigenvalue weighted by molar-refractivity contribution is 0.0752. The first kappa shape index (κ1) is 21.7. The summed E-state index contributed by atoms with van der Waals surface area (Å²) in [5.41, 5.74) is 2.70. The zero-order valence-corrected chi connectivity index (χ0v) is 18.7. The summed E-state index contributed by atoms with van der Waals surface area (Å²) in [7, 11) is -3.83. The molecule has 3 aromatic rings. The third kappa shape index (κ3) is 4.70. The van der Waals surface area contributed by atoms with Gasteiger partial charge in [-0.1, -0.05) is 29.8 Å². The van der Waals surface area contributed by atoms with Crippen LogP contribution in [-0.2, 0) is 16.6 Å². The van der Waals surface area contributed by atoms with Gasteiger partial charge in [0, 0.05) is 24.3 Å². The Labute approximate surface area is 187 Å². The van der Waals surface area contributed by atoms with Crippen molar-refractivity contribution in [2.75, 3.05) is 18.1 Å². The number of benzene rings is 3. The van der Waals surface area contributed by atoms with Crippen LogP contribution in [-0.4, -0.2) is 32.6 Å². The second-order valence-electron chi connectivity index (χ2n) is 7.51. The first-order chi connectivity index (χ1) is 15.4. The number of nitrogens with one attached hydrogen (secondary N) is 1. The third-order valence-electron chi connectivity index (χ3n) is 5.17. The number of anilines is 1. The van der Waals surface area contributed by atoms with Gasteiger partial charge < -0.3 is 14.4 Å². The summed E-state index contributed by atoms with van der Waals surface area (Å²) < 4.78 is 39.0. The van der Waals surface area contributed by atoms with Gasteiger partial charge in [-0.05, 0) is 61.9 Å². The fraction of sp³-hybridized carbons (Fsp3) is 0.208. The molecule has 0 bridgehead atoms. The predicted octanol–water partition coefficient (Wildman–Crippen LogP) is 4.19. The Bertz CT molecular complexity index is 1240. The van der Waals surface area contributed by atoms with Crippen molar-refractivity contribution in [3.8, 4) is 11.5 Å². The summed E-state index contributed by atoms with van der Waals surface area (Å²) in [6.07, 6.45) is 0. The number of nitrogens with zero attached hydrogens (tertiary/aromatic N) is 1. The average Bonchev–Trinajstić information content (AvgIpc) is 3.26. The van der Waals surface area contributed by atoms with E-state index in [0.717, 1.165) is 11.1 Å². The molecule has 3 aromatic carbocycles. The second kappa shape index (κ2) is 8.92. The number of carbonyl (C=O) groups excluding carboxylic acids is 1. The van der Waals surface area contributed by atoms with E-state index >= 15 is 0 Å². The topological polar surface area (TPSA) is 84.9 Å². The van der Waals surface area contributed by atoms with Crippen molar-refractivity contribution in [2.45, 2.75) is 25.3 Å². The number of hydrogen-bond acceptors (Lipinski definition) is 5. The monoisotopic (exact) mass is 452 g/mol. The first-order valence-corrected chi connectivity index (χ1v) is 11.7. The van der Waals surface area contributed by atoms with E-state index in [4.69, 9.17) is 9.47 Å². The van der Waals surface area contributed by atoms with Crippen LogP contribution in [0.25, 0.3) is 0 Å². The van der Waals surface area contributed by atoms with E-state index in [1.54, 1.807) is 29.2 Å². The van der Waals surface area contributed by atoms with E-state index in [1.807, 2.05) is 44.2 Å². The minimum atomic E-state index is -3.83. The zero-order valence-electron chi connectivity index (χ0n) is 17.9. The SMILES string of the molecule is CCN(Cc1ccc2c(c1)OCO2)C(=O)c1cccc(S(=O)(=O)Nc2ccc(C)cc2)c1. The van der Waals surface area contributed by atoms with Crippen LogP contribution >= 0.6 is 0 Å². The number of amides is 1. The van der Waals surface area contributed by atoms with Crippen LogP contribution in [0.5, 0.6) is 11.5 Å². The maximum atomic E-state index is 13.1. The molecule has 1 N–H and O–H groups in total. The number of aryl methyl sites for hydroxylation is 1. The molecular formula is C24H24N2O5S. The minimum absolute atomic E-state index is 0.0306. The van der Waals surface area contributed by atoms with E-state index in [9.17, 15) is 13.2 Å². The van der Waals surface area contributed by atoms with Crippen LogP contribution in [0.2, 0.25) is 0 Å².